The molecular formula is C38H39Cl2N5O4. The van der Waals surface area contributed by atoms with Crippen LogP contribution in [0.3, 0.4) is 0 Å². The monoisotopic (exact) mass is 699 g/mol. The van der Waals surface area contributed by atoms with Crippen molar-refractivity contribution in [2.45, 2.75) is 38.8 Å². The first-order valence-corrected chi connectivity index (χ1v) is 17.4. The van der Waals surface area contributed by atoms with Crippen LogP contribution < -0.4 is 20.1 Å². The second-order valence-corrected chi connectivity index (χ2v) is 14.2. The first-order valence-electron chi connectivity index (χ1n) is 16.6. The number of likely N-dealkylation sites (tertiary alicyclic amines) is 1. The summed E-state index contributed by atoms with van der Waals surface area (Å²) in [5.74, 6) is 1.95. The summed E-state index contributed by atoms with van der Waals surface area (Å²) >= 11 is 14.2. The van der Waals surface area contributed by atoms with Gasteiger partial charge >= 0.3 is 0 Å². The largest absolute Gasteiger partial charge is 0.481 e. The van der Waals surface area contributed by atoms with Crippen LogP contribution in [-0.2, 0) is 22.7 Å². The summed E-state index contributed by atoms with van der Waals surface area (Å²) in [4.78, 5) is 35.3. The fourth-order valence-corrected chi connectivity index (χ4v) is 8.08. The number of ether oxygens (including phenoxy) is 2. The van der Waals surface area contributed by atoms with Crippen molar-refractivity contribution >= 4 is 34.9 Å². The molecule has 2 aromatic heterocycles. The Balaban J connectivity index is 1.10. The van der Waals surface area contributed by atoms with Crippen molar-refractivity contribution in [3.63, 3.8) is 0 Å². The third-order valence-corrected chi connectivity index (χ3v) is 10.7. The third-order valence-electron chi connectivity index (χ3n) is 9.91. The van der Waals surface area contributed by atoms with Crippen molar-refractivity contribution in [3.05, 3.63) is 81.8 Å². The lowest BCUT2D eigenvalue weighted by atomic mass is 9.79. The zero-order valence-corrected chi connectivity index (χ0v) is 29.2. The number of benzene rings is 2. The Labute approximate surface area is 296 Å². The molecule has 1 atom stereocenters. The van der Waals surface area contributed by atoms with E-state index in [0.29, 0.717) is 77.2 Å². The lowest BCUT2D eigenvalue weighted by Crippen LogP contribution is -2.56. The van der Waals surface area contributed by atoms with E-state index in [2.05, 4.69) is 15.5 Å². The number of nitrogens with one attached hydrogen (secondary N) is 2. The van der Waals surface area contributed by atoms with Gasteiger partial charge in [0.25, 0.3) is 0 Å². The van der Waals surface area contributed by atoms with Crippen LogP contribution in [0.4, 0.5) is 0 Å². The number of halogens is 2. The van der Waals surface area contributed by atoms with Crippen LogP contribution in [0, 0.1) is 11.3 Å². The molecule has 7 rings (SSSR count). The van der Waals surface area contributed by atoms with E-state index in [1.54, 1.807) is 14.2 Å². The lowest BCUT2D eigenvalue weighted by molar-refractivity contribution is -0.120. The Bertz CT molecular complexity index is 1910. The molecule has 0 radical (unpaired) electrons. The van der Waals surface area contributed by atoms with Gasteiger partial charge in [0.2, 0.25) is 17.7 Å². The number of amides is 1. The molecule has 1 spiro atoms. The molecule has 1 aliphatic carbocycles. The molecule has 2 aliphatic heterocycles. The molecule has 254 valence electrons. The highest BCUT2D eigenvalue weighted by molar-refractivity contribution is 6.39. The average Bonchev–Trinajstić information content (AvgIpc) is 3.70. The van der Waals surface area contributed by atoms with Crippen molar-refractivity contribution in [1.29, 1.82) is 0 Å². The minimum Gasteiger partial charge on any atom is -0.481 e. The minimum absolute atomic E-state index is 0.0614. The fourth-order valence-electron chi connectivity index (χ4n) is 7.43. The van der Waals surface area contributed by atoms with E-state index >= 15 is 0 Å². The fraction of sp³-hybridized carbons (Fsp3) is 0.368. The van der Waals surface area contributed by atoms with E-state index in [9.17, 15) is 9.59 Å². The van der Waals surface area contributed by atoms with Gasteiger partial charge in [0.05, 0.1) is 35.7 Å². The van der Waals surface area contributed by atoms with Gasteiger partial charge in [-0.1, -0.05) is 71.7 Å². The van der Waals surface area contributed by atoms with Crippen LogP contribution in [0.5, 0.6) is 11.8 Å². The van der Waals surface area contributed by atoms with E-state index in [-0.39, 0.29) is 11.3 Å². The molecule has 9 nitrogen and oxygen atoms in total. The predicted molar refractivity (Wildman–Crippen MR) is 191 cm³/mol. The average molecular weight is 701 g/mol. The summed E-state index contributed by atoms with van der Waals surface area (Å²) in [6, 6.07) is 19.6. The number of ketones is 1. The van der Waals surface area contributed by atoms with E-state index in [4.69, 9.17) is 42.6 Å². The number of hydrogen-bond acceptors (Lipinski definition) is 8. The van der Waals surface area contributed by atoms with Crippen LogP contribution in [0.25, 0.3) is 33.6 Å². The van der Waals surface area contributed by atoms with Crippen molar-refractivity contribution < 1.29 is 19.1 Å². The van der Waals surface area contributed by atoms with Gasteiger partial charge in [-0.25, -0.2) is 9.97 Å². The van der Waals surface area contributed by atoms with Crippen LogP contribution >= 0.6 is 23.2 Å². The second-order valence-electron chi connectivity index (χ2n) is 13.4. The van der Waals surface area contributed by atoms with Crippen molar-refractivity contribution in [3.8, 4) is 45.4 Å². The van der Waals surface area contributed by atoms with Crippen LogP contribution in [0.15, 0.2) is 60.7 Å². The Morgan fingerprint density at radius 2 is 1.45 bits per heavy atom. The van der Waals surface area contributed by atoms with Gasteiger partial charge in [-0.2, -0.15) is 0 Å². The second kappa shape index (κ2) is 14.1. The lowest BCUT2D eigenvalue weighted by Gasteiger charge is -2.47. The molecule has 2 N–H and O–H groups in total. The van der Waals surface area contributed by atoms with Gasteiger partial charge in [0.15, 0.2) is 0 Å². The number of rotatable bonds is 11. The van der Waals surface area contributed by atoms with Crippen LogP contribution in [-0.4, -0.2) is 67.0 Å². The zero-order chi connectivity index (χ0) is 34.1. The summed E-state index contributed by atoms with van der Waals surface area (Å²) in [6.07, 6.45) is 2.88. The molecule has 4 heterocycles. The molecule has 2 saturated heterocycles. The standard InChI is InChI=1S/C38H39Cl2N5O4/c1-48-36-24(18-41-17-23-9-12-26(46)15-23)10-13-31(43-36)29-7-3-5-27(34(29)39)28-6-4-8-30(35(28)40)32-14-11-25(37(44-32)49-2)19-45-21-38(22-45)16-33(47)42-20-38/h3-8,10-11,13-14,23,41H,9,12,15-22H2,1-2H3,(H,42,47)/t23-/m1/s1. The smallest absolute Gasteiger partial charge is 0.220 e. The molecular weight excluding hydrogens is 661 g/mol. The highest BCUT2D eigenvalue weighted by Gasteiger charge is 2.48. The van der Waals surface area contributed by atoms with Gasteiger partial charge in [-0.3, -0.25) is 14.5 Å². The van der Waals surface area contributed by atoms with Gasteiger partial charge in [0, 0.05) is 90.8 Å². The SMILES string of the molecule is COc1nc(-c2cccc(-c3cccc(-c4ccc(CN5CC6(CNC(=O)C6)C5)c(OC)n4)c3Cl)c2Cl)ccc1CNC[C@@H]1CCC(=O)C1. The van der Waals surface area contributed by atoms with Gasteiger partial charge in [0.1, 0.15) is 5.78 Å². The Morgan fingerprint density at radius 1 is 0.857 bits per heavy atom. The van der Waals surface area contributed by atoms with Crippen LogP contribution in [0.1, 0.15) is 36.8 Å². The number of Topliss-reactive ketones (excluding diaryl/α,β-unsaturated/α-hetero) is 1. The molecule has 49 heavy (non-hydrogen) atoms. The molecule has 11 heteroatoms. The van der Waals surface area contributed by atoms with E-state index in [1.807, 2.05) is 60.7 Å². The maximum absolute atomic E-state index is 11.7. The Hall–Kier alpha value is -4.02. The van der Waals surface area contributed by atoms with Crippen molar-refractivity contribution in [2.75, 3.05) is 40.4 Å². The number of methoxy groups -OCH3 is 2. The van der Waals surface area contributed by atoms with Gasteiger partial charge < -0.3 is 20.1 Å². The zero-order valence-electron chi connectivity index (χ0n) is 27.7. The van der Waals surface area contributed by atoms with Crippen molar-refractivity contribution in [2.24, 2.45) is 11.3 Å². The first-order chi connectivity index (χ1) is 23.8. The highest BCUT2D eigenvalue weighted by atomic mass is 35.5. The number of pyridine rings is 2. The van der Waals surface area contributed by atoms with Gasteiger partial charge in [-0.15, -0.1) is 0 Å². The first kappa shape index (κ1) is 33.5. The van der Waals surface area contributed by atoms with E-state index in [1.165, 1.54) is 0 Å². The van der Waals surface area contributed by atoms with Gasteiger partial charge in [-0.05, 0) is 31.0 Å². The Morgan fingerprint density at radius 3 is 2.00 bits per heavy atom. The van der Waals surface area contributed by atoms with Crippen LogP contribution in [0.2, 0.25) is 10.0 Å². The molecule has 1 saturated carbocycles. The maximum Gasteiger partial charge on any atom is 0.220 e. The predicted octanol–water partition coefficient (Wildman–Crippen LogP) is 6.58. The molecule has 0 bridgehead atoms. The number of hydrogen-bond donors (Lipinski definition) is 2. The summed E-state index contributed by atoms with van der Waals surface area (Å²) in [7, 11) is 3.24. The van der Waals surface area contributed by atoms with E-state index < -0.39 is 0 Å². The minimum atomic E-state index is 0.0614. The quantitative estimate of drug-likeness (QED) is 0.181. The maximum atomic E-state index is 11.7. The molecule has 4 aromatic rings. The summed E-state index contributed by atoms with van der Waals surface area (Å²) in [6.45, 7) is 4.57. The molecule has 0 unspecified atom stereocenters. The Kier molecular flexibility index (Phi) is 9.61. The summed E-state index contributed by atoms with van der Waals surface area (Å²) in [5, 5.41) is 7.48. The normalized spacial score (nSPS) is 18.5. The number of carbonyl (C=O) groups excluding carboxylic acids is 2. The highest BCUT2D eigenvalue weighted by Crippen LogP contribution is 2.43. The topological polar surface area (TPSA) is 106 Å². The summed E-state index contributed by atoms with van der Waals surface area (Å²) in [5.41, 5.74) is 6.44. The molecule has 3 fully saturated rings. The van der Waals surface area contributed by atoms with Crippen molar-refractivity contribution in [1.82, 2.24) is 25.5 Å². The molecule has 3 aliphatic rings. The number of carbonyl (C=O) groups is 2. The molecule has 1 amide bonds. The third kappa shape index (κ3) is 6.90. The number of aromatic nitrogens is 2. The molecule has 2 aromatic carbocycles. The number of nitrogens with zero attached hydrogens (tertiary/aromatic N) is 3. The van der Waals surface area contributed by atoms with E-state index in [0.717, 1.165) is 66.0 Å². The summed E-state index contributed by atoms with van der Waals surface area (Å²) < 4.78 is 11.4.